The highest BCUT2D eigenvalue weighted by molar-refractivity contribution is 9.10. The number of thiocarbonyl (C=S) groups is 1. The maximum atomic E-state index is 13.2. The molecule has 0 spiro atoms. The largest absolute Gasteiger partial charge is 0.492 e. The summed E-state index contributed by atoms with van der Waals surface area (Å²) in [4.78, 5) is 0. The molecular formula is C16H16BrFN2OS. The summed E-state index contributed by atoms with van der Waals surface area (Å²) in [5, 5.41) is 6.67. The molecule has 116 valence electrons. The van der Waals surface area contributed by atoms with Gasteiger partial charge in [-0.15, -0.1) is 0 Å². The molecule has 0 atom stereocenters. The Morgan fingerprint density at radius 3 is 2.77 bits per heavy atom. The highest BCUT2D eigenvalue weighted by Crippen LogP contribution is 2.23. The van der Waals surface area contributed by atoms with Gasteiger partial charge in [-0.2, -0.15) is 0 Å². The van der Waals surface area contributed by atoms with Crippen LogP contribution >= 0.6 is 28.1 Å². The molecule has 0 fully saturated rings. The first kappa shape index (κ1) is 16.7. The number of benzene rings is 2. The van der Waals surface area contributed by atoms with Gasteiger partial charge in [0.1, 0.15) is 11.6 Å². The molecule has 0 saturated heterocycles. The van der Waals surface area contributed by atoms with Crippen molar-refractivity contribution in [3.63, 3.8) is 0 Å². The van der Waals surface area contributed by atoms with Crippen LogP contribution in [0.2, 0.25) is 0 Å². The van der Waals surface area contributed by atoms with Crippen molar-refractivity contribution < 1.29 is 9.13 Å². The average molecular weight is 383 g/mol. The molecule has 0 heterocycles. The number of halogens is 2. The lowest BCUT2D eigenvalue weighted by Crippen LogP contribution is -2.28. The summed E-state index contributed by atoms with van der Waals surface area (Å²) in [5.41, 5.74) is 1.73. The molecule has 0 saturated carbocycles. The number of hydrogen-bond donors (Lipinski definition) is 2. The molecule has 0 aliphatic heterocycles. The maximum absolute atomic E-state index is 13.2. The molecule has 0 aromatic heterocycles. The number of hydrogen-bond acceptors (Lipinski definition) is 2. The van der Waals surface area contributed by atoms with Crippen molar-refractivity contribution in [2.45, 2.75) is 13.5 Å². The van der Waals surface area contributed by atoms with E-state index in [1.807, 2.05) is 31.2 Å². The van der Waals surface area contributed by atoms with Crippen molar-refractivity contribution >= 4 is 38.9 Å². The minimum Gasteiger partial charge on any atom is -0.492 e. The second kappa shape index (κ2) is 8.10. The predicted molar refractivity (Wildman–Crippen MR) is 94.8 cm³/mol. The molecule has 2 aromatic carbocycles. The van der Waals surface area contributed by atoms with Crippen LogP contribution in [0, 0.1) is 5.82 Å². The van der Waals surface area contributed by atoms with Gasteiger partial charge in [-0.05, 0) is 64.9 Å². The van der Waals surface area contributed by atoms with Crippen LogP contribution in [0.4, 0.5) is 10.1 Å². The van der Waals surface area contributed by atoms with E-state index in [-0.39, 0.29) is 5.82 Å². The van der Waals surface area contributed by atoms with Crippen molar-refractivity contribution in [3.8, 4) is 5.75 Å². The summed E-state index contributed by atoms with van der Waals surface area (Å²) >= 11 is 8.44. The molecular weight excluding hydrogens is 367 g/mol. The summed E-state index contributed by atoms with van der Waals surface area (Å²) in [6.07, 6.45) is 0. The Hall–Kier alpha value is -1.66. The zero-order valence-corrected chi connectivity index (χ0v) is 14.4. The molecule has 0 unspecified atom stereocenters. The normalized spacial score (nSPS) is 10.1. The maximum Gasteiger partial charge on any atom is 0.171 e. The van der Waals surface area contributed by atoms with Gasteiger partial charge in [-0.3, -0.25) is 0 Å². The van der Waals surface area contributed by atoms with Crippen LogP contribution in [-0.2, 0) is 6.54 Å². The molecule has 2 aromatic rings. The van der Waals surface area contributed by atoms with E-state index in [4.69, 9.17) is 17.0 Å². The fourth-order valence-corrected chi connectivity index (χ4v) is 2.46. The Morgan fingerprint density at radius 2 is 2.05 bits per heavy atom. The van der Waals surface area contributed by atoms with Crippen LogP contribution < -0.4 is 15.4 Å². The molecule has 3 nitrogen and oxygen atoms in total. The second-order valence-corrected chi connectivity index (χ2v) is 5.75. The van der Waals surface area contributed by atoms with Crippen LogP contribution in [0.1, 0.15) is 12.5 Å². The van der Waals surface area contributed by atoms with Crippen LogP contribution in [0.3, 0.4) is 0 Å². The minimum absolute atomic E-state index is 0.282. The Bertz CT molecular complexity index is 666. The number of rotatable bonds is 5. The summed E-state index contributed by atoms with van der Waals surface area (Å²) in [6.45, 7) is 3.02. The Balaban J connectivity index is 1.94. The van der Waals surface area contributed by atoms with E-state index in [0.29, 0.717) is 22.7 Å². The quantitative estimate of drug-likeness (QED) is 0.747. The first-order valence-corrected chi connectivity index (χ1v) is 8.01. The van der Waals surface area contributed by atoms with Crippen molar-refractivity contribution in [2.24, 2.45) is 0 Å². The molecule has 0 aliphatic carbocycles. The monoisotopic (exact) mass is 382 g/mol. The van der Waals surface area contributed by atoms with Crippen molar-refractivity contribution in [2.75, 3.05) is 11.9 Å². The highest BCUT2D eigenvalue weighted by atomic mass is 79.9. The SMILES string of the molecule is CCOc1ccccc1NC(=S)NCc1ccc(F)c(Br)c1. The lowest BCUT2D eigenvalue weighted by Gasteiger charge is -2.14. The number of nitrogens with one attached hydrogen (secondary N) is 2. The zero-order valence-electron chi connectivity index (χ0n) is 12.0. The van der Waals surface area contributed by atoms with E-state index in [2.05, 4.69) is 26.6 Å². The van der Waals surface area contributed by atoms with Gasteiger partial charge < -0.3 is 15.4 Å². The van der Waals surface area contributed by atoms with Gasteiger partial charge in [0.25, 0.3) is 0 Å². The van der Waals surface area contributed by atoms with Gasteiger partial charge in [0, 0.05) is 6.54 Å². The second-order valence-electron chi connectivity index (χ2n) is 4.49. The molecule has 0 bridgehead atoms. The smallest absolute Gasteiger partial charge is 0.171 e. The molecule has 0 amide bonds. The van der Waals surface area contributed by atoms with Gasteiger partial charge in [-0.1, -0.05) is 18.2 Å². The predicted octanol–water partition coefficient (Wildman–Crippen LogP) is 4.47. The Kier molecular flexibility index (Phi) is 6.15. The van der Waals surface area contributed by atoms with Gasteiger partial charge in [0.2, 0.25) is 0 Å². The first-order valence-electron chi connectivity index (χ1n) is 6.80. The van der Waals surface area contributed by atoms with Crippen LogP contribution in [0.25, 0.3) is 0 Å². The molecule has 22 heavy (non-hydrogen) atoms. The summed E-state index contributed by atoms with van der Waals surface area (Å²) in [6, 6.07) is 12.4. The van der Waals surface area contributed by atoms with Crippen molar-refractivity contribution in [1.82, 2.24) is 5.32 Å². The molecule has 2 rings (SSSR count). The Morgan fingerprint density at radius 1 is 1.27 bits per heavy atom. The minimum atomic E-state index is -0.282. The van der Waals surface area contributed by atoms with E-state index in [1.54, 1.807) is 12.1 Å². The van der Waals surface area contributed by atoms with E-state index in [1.165, 1.54) is 6.07 Å². The van der Waals surface area contributed by atoms with Gasteiger partial charge >= 0.3 is 0 Å². The number of anilines is 1. The van der Waals surface area contributed by atoms with E-state index in [0.717, 1.165) is 17.0 Å². The third-order valence-electron chi connectivity index (χ3n) is 2.87. The fraction of sp³-hybridized carbons (Fsp3) is 0.188. The van der Waals surface area contributed by atoms with E-state index < -0.39 is 0 Å². The topological polar surface area (TPSA) is 33.3 Å². The molecule has 6 heteroatoms. The molecule has 0 aliphatic rings. The van der Waals surface area contributed by atoms with Crippen LogP contribution in [-0.4, -0.2) is 11.7 Å². The van der Waals surface area contributed by atoms with Crippen molar-refractivity contribution in [3.05, 3.63) is 58.3 Å². The fourth-order valence-electron chi connectivity index (χ4n) is 1.85. The molecule has 0 radical (unpaired) electrons. The van der Waals surface area contributed by atoms with E-state index >= 15 is 0 Å². The zero-order chi connectivity index (χ0) is 15.9. The third-order valence-corrected chi connectivity index (χ3v) is 3.73. The van der Waals surface area contributed by atoms with E-state index in [9.17, 15) is 4.39 Å². The summed E-state index contributed by atoms with van der Waals surface area (Å²) < 4.78 is 19.2. The van der Waals surface area contributed by atoms with Gasteiger partial charge in [0.15, 0.2) is 5.11 Å². The lowest BCUT2D eigenvalue weighted by molar-refractivity contribution is 0.342. The van der Waals surface area contributed by atoms with Crippen LogP contribution in [0.15, 0.2) is 46.9 Å². The first-order chi connectivity index (χ1) is 10.6. The highest BCUT2D eigenvalue weighted by Gasteiger charge is 2.05. The van der Waals surface area contributed by atoms with Crippen molar-refractivity contribution in [1.29, 1.82) is 0 Å². The standard InChI is InChI=1S/C16H16BrFN2OS/c1-2-21-15-6-4-3-5-14(15)20-16(22)19-10-11-7-8-13(18)12(17)9-11/h3-9H,2,10H2,1H3,(H2,19,20,22). The van der Waals surface area contributed by atoms with Gasteiger partial charge in [-0.25, -0.2) is 4.39 Å². The lowest BCUT2D eigenvalue weighted by atomic mass is 10.2. The Labute approximate surface area is 143 Å². The van der Waals surface area contributed by atoms with Crippen LogP contribution in [0.5, 0.6) is 5.75 Å². The third kappa shape index (κ3) is 4.68. The van der Waals surface area contributed by atoms with Gasteiger partial charge in [0.05, 0.1) is 16.8 Å². The number of para-hydroxylation sites is 2. The summed E-state index contributed by atoms with van der Waals surface area (Å²) in [7, 11) is 0. The molecule has 2 N–H and O–H groups in total. The average Bonchev–Trinajstić information content (AvgIpc) is 2.51. The number of ether oxygens (including phenoxy) is 1. The summed E-state index contributed by atoms with van der Waals surface area (Å²) in [5.74, 6) is 0.466.